The molecule has 0 spiro atoms. The maximum absolute atomic E-state index is 13.1. The molecule has 1 amide bonds. The van der Waals surface area contributed by atoms with Gasteiger partial charge in [0.2, 0.25) is 0 Å². The lowest BCUT2D eigenvalue weighted by Crippen LogP contribution is -2.28. The summed E-state index contributed by atoms with van der Waals surface area (Å²) in [5.74, 6) is -0.296. The third-order valence-corrected chi connectivity index (χ3v) is 4.97. The van der Waals surface area contributed by atoms with Gasteiger partial charge < -0.3 is 5.32 Å². The molecule has 1 heterocycles. The van der Waals surface area contributed by atoms with E-state index in [9.17, 15) is 9.59 Å². The van der Waals surface area contributed by atoms with Crippen molar-refractivity contribution in [3.8, 4) is 0 Å². The topological polar surface area (TPSA) is 64.0 Å². The van der Waals surface area contributed by atoms with Crippen LogP contribution in [-0.4, -0.2) is 15.7 Å². The molecule has 5 nitrogen and oxygen atoms in total. The number of rotatable bonds is 6. The van der Waals surface area contributed by atoms with Crippen LogP contribution in [0.25, 0.3) is 10.8 Å². The Labute approximate surface area is 165 Å². The van der Waals surface area contributed by atoms with E-state index < -0.39 is 0 Å². The second-order valence-corrected chi connectivity index (χ2v) is 7.36. The third kappa shape index (κ3) is 3.98. The summed E-state index contributed by atoms with van der Waals surface area (Å²) in [5.41, 5.74) is 4.10. The van der Waals surface area contributed by atoms with Gasteiger partial charge in [0.1, 0.15) is 0 Å². The summed E-state index contributed by atoms with van der Waals surface area (Å²) in [6.45, 7) is 8.62. The minimum atomic E-state index is -0.296. The highest BCUT2D eigenvalue weighted by molar-refractivity contribution is 6.11. The van der Waals surface area contributed by atoms with Crippen molar-refractivity contribution in [2.24, 2.45) is 0 Å². The van der Waals surface area contributed by atoms with Crippen molar-refractivity contribution < 1.29 is 4.79 Å². The van der Waals surface area contributed by atoms with E-state index in [1.54, 1.807) is 12.1 Å². The molecular weight excluding hydrogens is 350 g/mol. The second-order valence-electron chi connectivity index (χ2n) is 7.36. The van der Waals surface area contributed by atoms with Crippen LogP contribution in [0.15, 0.2) is 41.2 Å². The van der Waals surface area contributed by atoms with Crippen LogP contribution in [0.5, 0.6) is 0 Å². The molecule has 28 heavy (non-hydrogen) atoms. The number of amides is 1. The first kappa shape index (κ1) is 19.8. The number of unbranched alkanes of at least 4 members (excludes halogenated alkanes) is 2. The van der Waals surface area contributed by atoms with Crippen molar-refractivity contribution in [3.05, 3.63) is 69.1 Å². The van der Waals surface area contributed by atoms with Crippen molar-refractivity contribution in [3.63, 3.8) is 0 Å². The number of carbonyl (C=O) groups is 1. The Hall–Kier alpha value is -2.95. The molecule has 0 atom stereocenters. The number of nitrogens with zero attached hydrogens (tertiary/aromatic N) is 2. The predicted molar refractivity (Wildman–Crippen MR) is 114 cm³/mol. The first-order valence-electron chi connectivity index (χ1n) is 9.81. The average molecular weight is 377 g/mol. The van der Waals surface area contributed by atoms with Gasteiger partial charge in [0.25, 0.3) is 11.5 Å². The van der Waals surface area contributed by atoms with Gasteiger partial charge in [-0.25, -0.2) is 4.68 Å². The highest BCUT2D eigenvalue weighted by Gasteiger charge is 2.18. The lowest BCUT2D eigenvalue weighted by Gasteiger charge is -2.14. The van der Waals surface area contributed by atoms with Gasteiger partial charge in [-0.15, -0.1) is 0 Å². The van der Waals surface area contributed by atoms with E-state index in [2.05, 4.69) is 17.3 Å². The van der Waals surface area contributed by atoms with E-state index in [4.69, 9.17) is 0 Å². The normalized spacial score (nSPS) is 11.0. The van der Waals surface area contributed by atoms with Crippen LogP contribution in [-0.2, 0) is 6.54 Å². The molecule has 3 aromatic rings. The lowest BCUT2D eigenvalue weighted by molar-refractivity contribution is 0.102. The maximum Gasteiger partial charge on any atom is 0.276 e. The summed E-state index contributed by atoms with van der Waals surface area (Å²) < 4.78 is 1.43. The molecular formula is C23H27N3O2. The molecule has 146 valence electrons. The summed E-state index contributed by atoms with van der Waals surface area (Å²) in [6, 6.07) is 11.3. The molecule has 0 saturated heterocycles. The molecule has 0 radical (unpaired) electrons. The Bertz CT molecular complexity index is 1060. The number of nitrogens with one attached hydrogen (secondary N) is 1. The zero-order valence-corrected chi connectivity index (χ0v) is 17.0. The van der Waals surface area contributed by atoms with Gasteiger partial charge in [-0.3, -0.25) is 9.59 Å². The molecule has 5 heteroatoms. The lowest BCUT2D eigenvalue weighted by atomic mass is 10.0. The predicted octanol–water partition coefficient (Wildman–Crippen LogP) is 4.76. The number of aromatic nitrogens is 2. The molecule has 1 aromatic heterocycles. The van der Waals surface area contributed by atoms with E-state index in [1.165, 1.54) is 4.68 Å². The van der Waals surface area contributed by atoms with E-state index >= 15 is 0 Å². The molecule has 0 aliphatic carbocycles. The standard InChI is InChI=1S/C23H27N3O2/c1-5-6-9-12-26-23(28)19-11-8-7-10-18(19)21(25-26)22(27)24-20-16(3)13-15(2)14-17(20)4/h7-8,10-11,13-14H,5-6,9,12H2,1-4H3,(H,24,27). The molecule has 3 rings (SSSR count). The zero-order chi connectivity index (χ0) is 20.3. The largest absolute Gasteiger partial charge is 0.320 e. The average Bonchev–Trinajstić information content (AvgIpc) is 2.66. The van der Waals surface area contributed by atoms with Crippen LogP contribution >= 0.6 is 0 Å². The van der Waals surface area contributed by atoms with Gasteiger partial charge in [-0.05, 0) is 44.4 Å². The second kappa shape index (κ2) is 8.38. The first-order chi connectivity index (χ1) is 13.4. The van der Waals surface area contributed by atoms with E-state index in [0.717, 1.165) is 41.6 Å². The first-order valence-corrected chi connectivity index (χ1v) is 9.81. The van der Waals surface area contributed by atoms with Gasteiger partial charge >= 0.3 is 0 Å². The Kier molecular flexibility index (Phi) is 5.93. The Balaban J connectivity index is 2.05. The smallest absolute Gasteiger partial charge is 0.276 e. The molecule has 0 saturated carbocycles. The number of carbonyl (C=O) groups excluding carboxylic acids is 1. The molecule has 1 N–H and O–H groups in total. The van der Waals surface area contributed by atoms with Crippen LogP contribution in [0, 0.1) is 20.8 Å². The minimum Gasteiger partial charge on any atom is -0.320 e. The van der Waals surface area contributed by atoms with E-state index in [0.29, 0.717) is 17.3 Å². The fraction of sp³-hybridized carbons (Fsp3) is 0.348. The number of hydrogen-bond donors (Lipinski definition) is 1. The SMILES string of the molecule is CCCCCn1nc(C(=O)Nc2c(C)cc(C)cc2C)c2ccccc2c1=O. The van der Waals surface area contributed by atoms with Crippen molar-refractivity contribution in [1.82, 2.24) is 9.78 Å². The van der Waals surface area contributed by atoms with Gasteiger partial charge in [-0.2, -0.15) is 5.10 Å². The fourth-order valence-corrected chi connectivity index (χ4v) is 3.62. The van der Waals surface area contributed by atoms with Crippen LogP contribution in [0.1, 0.15) is 53.4 Å². The quantitative estimate of drug-likeness (QED) is 0.630. The van der Waals surface area contributed by atoms with E-state index in [-0.39, 0.29) is 17.2 Å². The fourth-order valence-electron chi connectivity index (χ4n) is 3.62. The monoisotopic (exact) mass is 377 g/mol. The van der Waals surface area contributed by atoms with Crippen LogP contribution in [0.2, 0.25) is 0 Å². The van der Waals surface area contributed by atoms with Gasteiger partial charge in [0.05, 0.1) is 5.39 Å². The van der Waals surface area contributed by atoms with Crippen molar-refractivity contribution in [1.29, 1.82) is 0 Å². The zero-order valence-electron chi connectivity index (χ0n) is 17.0. The maximum atomic E-state index is 13.1. The molecule has 0 unspecified atom stereocenters. The van der Waals surface area contributed by atoms with Gasteiger partial charge in [0.15, 0.2) is 5.69 Å². The van der Waals surface area contributed by atoms with Crippen LogP contribution < -0.4 is 10.9 Å². The Morgan fingerprint density at radius 1 is 1.04 bits per heavy atom. The number of anilines is 1. The van der Waals surface area contributed by atoms with E-state index in [1.807, 2.05) is 45.0 Å². The molecule has 0 aliphatic heterocycles. The minimum absolute atomic E-state index is 0.147. The number of aryl methyl sites for hydroxylation is 4. The van der Waals surface area contributed by atoms with Crippen molar-refractivity contribution >= 4 is 22.4 Å². The Morgan fingerprint density at radius 2 is 1.68 bits per heavy atom. The molecule has 0 bridgehead atoms. The summed E-state index contributed by atoms with van der Waals surface area (Å²) in [4.78, 5) is 25.9. The summed E-state index contributed by atoms with van der Waals surface area (Å²) in [7, 11) is 0. The number of hydrogen-bond acceptors (Lipinski definition) is 3. The molecule has 2 aromatic carbocycles. The highest BCUT2D eigenvalue weighted by Crippen LogP contribution is 2.23. The van der Waals surface area contributed by atoms with Crippen molar-refractivity contribution in [2.45, 2.75) is 53.5 Å². The number of benzene rings is 2. The Morgan fingerprint density at radius 3 is 2.32 bits per heavy atom. The summed E-state index contributed by atoms with van der Waals surface area (Å²) >= 11 is 0. The van der Waals surface area contributed by atoms with Crippen LogP contribution in [0.4, 0.5) is 5.69 Å². The molecule has 0 fully saturated rings. The number of fused-ring (bicyclic) bond motifs is 1. The molecule has 0 aliphatic rings. The van der Waals surface area contributed by atoms with Crippen molar-refractivity contribution in [2.75, 3.05) is 5.32 Å². The summed E-state index contributed by atoms with van der Waals surface area (Å²) in [5, 5.41) is 8.56. The van der Waals surface area contributed by atoms with Gasteiger partial charge in [-0.1, -0.05) is 55.7 Å². The highest BCUT2D eigenvalue weighted by atomic mass is 16.2. The third-order valence-electron chi connectivity index (χ3n) is 4.97. The van der Waals surface area contributed by atoms with Gasteiger partial charge in [0, 0.05) is 17.6 Å². The van der Waals surface area contributed by atoms with Crippen LogP contribution in [0.3, 0.4) is 0 Å². The summed E-state index contributed by atoms with van der Waals surface area (Å²) in [6.07, 6.45) is 2.94.